The van der Waals surface area contributed by atoms with E-state index in [9.17, 15) is 22.8 Å². The molecule has 2 rings (SSSR count). The van der Waals surface area contributed by atoms with Crippen LogP contribution in [0.4, 0.5) is 18.9 Å². The van der Waals surface area contributed by atoms with E-state index >= 15 is 0 Å². The van der Waals surface area contributed by atoms with Crippen LogP contribution < -0.4 is 19.5 Å². The molecular weight excluding hydrogens is 407 g/mol. The summed E-state index contributed by atoms with van der Waals surface area (Å²) in [6.07, 6.45) is -5.84. The molecule has 0 heterocycles. The second kappa shape index (κ2) is 9.38. The number of nitrogens with one attached hydrogen (secondary N) is 1. The van der Waals surface area contributed by atoms with E-state index in [1.807, 2.05) is 0 Å². The molecule has 0 saturated heterocycles. The molecule has 0 aliphatic heterocycles. The van der Waals surface area contributed by atoms with Gasteiger partial charge in [-0.3, -0.25) is 4.79 Å². The van der Waals surface area contributed by atoms with Crippen LogP contribution >= 0.6 is 0 Å². The lowest BCUT2D eigenvalue weighted by Gasteiger charge is -2.16. The fourth-order valence-corrected chi connectivity index (χ4v) is 2.50. The van der Waals surface area contributed by atoms with Gasteiger partial charge in [0.05, 0.1) is 32.5 Å². The van der Waals surface area contributed by atoms with Crippen molar-refractivity contribution >= 4 is 17.6 Å². The van der Waals surface area contributed by atoms with Crippen molar-refractivity contribution in [1.82, 2.24) is 0 Å². The summed E-state index contributed by atoms with van der Waals surface area (Å²) in [6, 6.07) is 6.81. The number of ether oxygens (including phenoxy) is 4. The highest BCUT2D eigenvalue weighted by molar-refractivity contribution is 5.97. The number of methoxy groups -OCH3 is 3. The van der Waals surface area contributed by atoms with Gasteiger partial charge in [-0.15, -0.1) is 0 Å². The number of hydrogen-bond acceptors (Lipinski definition) is 6. The van der Waals surface area contributed by atoms with Gasteiger partial charge in [0, 0.05) is 5.69 Å². The number of esters is 1. The Morgan fingerprint density at radius 1 is 0.967 bits per heavy atom. The van der Waals surface area contributed by atoms with E-state index in [-0.39, 0.29) is 28.5 Å². The Bertz CT molecular complexity index is 904. The number of rotatable bonds is 7. The Balaban J connectivity index is 2.13. The molecule has 10 heteroatoms. The third kappa shape index (κ3) is 5.34. The van der Waals surface area contributed by atoms with Gasteiger partial charge in [-0.05, 0) is 37.3 Å². The number of amides is 1. The van der Waals surface area contributed by atoms with E-state index in [4.69, 9.17) is 18.9 Å². The predicted octanol–water partition coefficient (Wildman–Crippen LogP) is 3.92. The smallest absolute Gasteiger partial charge is 0.416 e. The highest BCUT2D eigenvalue weighted by atomic mass is 19.4. The van der Waals surface area contributed by atoms with Gasteiger partial charge in [0.1, 0.15) is 0 Å². The first-order valence-electron chi connectivity index (χ1n) is 8.59. The number of carbonyl (C=O) groups excluding carboxylic acids is 2. The minimum atomic E-state index is -4.55. The van der Waals surface area contributed by atoms with Crippen LogP contribution in [0, 0.1) is 0 Å². The van der Waals surface area contributed by atoms with E-state index in [0.717, 1.165) is 18.2 Å². The van der Waals surface area contributed by atoms with Crippen LogP contribution in [0.5, 0.6) is 17.2 Å². The van der Waals surface area contributed by atoms with Crippen molar-refractivity contribution in [2.45, 2.75) is 19.2 Å². The van der Waals surface area contributed by atoms with Crippen LogP contribution in [0.2, 0.25) is 0 Å². The third-order valence-corrected chi connectivity index (χ3v) is 4.01. The molecule has 0 aliphatic carbocycles. The van der Waals surface area contributed by atoms with Crippen LogP contribution in [0.3, 0.4) is 0 Å². The van der Waals surface area contributed by atoms with Crippen molar-refractivity contribution < 1.29 is 41.7 Å². The highest BCUT2D eigenvalue weighted by Gasteiger charge is 2.30. The van der Waals surface area contributed by atoms with Gasteiger partial charge < -0.3 is 24.3 Å². The first-order chi connectivity index (χ1) is 14.1. The van der Waals surface area contributed by atoms with Gasteiger partial charge in [0.25, 0.3) is 5.91 Å². The molecule has 0 fully saturated rings. The number of halogens is 3. The standard InChI is InChI=1S/C20H20F3NO6/c1-11(18(25)24-14-7-5-6-13(10-14)20(21,22)23)30-19(26)12-8-15(27-2)17(29-4)16(9-12)28-3/h5-11H,1-4H3,(H,24,25). The van der Waals surface area contributed by atoms with E-state index < -0.39 is 29.7 Å². The minimum absolute atomic E-state index is 0.0308. The monoisotopic (exact) mass is 427 g/mol. The summed E-state index contributed by atoms with van der Waals surface area (Å²) >= 11 is 0. The van der Waals surface area contributed by atoms with Crippen molar-refractivity contribution in [3.8, 4) is 17.2 Å². The lowest BCUT2D eigenvalue weighted by Crippen LogP contribution is -2.30. The maximum atomic E-state index is 12.8. The molecule has 0 aliphatic rings. The zero-order valence-corrected chi connectivity index (χ0v) is 16.6. The normalized spacial score (nSPS) is 12.0. The average molecular weight is 427 g/mol. The number of anilines is 1. The van der Waals surface area contributed by atoms with Crippen molar-refractivity contribution in [1.29, 1.82) is 0 Å². The average Bonchev–Trinajstić information content (AvgIpc) is 2.71. The molecule has 162 valence electrons. The van der Waals surface area contributed by atoms with Crippen LogP contribution in [0.1, 0.15) is 22.8 Å². The van der Waals surface area contributed by atoms with Crippen molar-refractivity contribution in [2.75, 3.05) is 26.6 Å². The molecule has 7 nitrogen and oxygen atoms in total. The predicted molar refractivity (Wildman–Crippen MR) is 101 cm³/mol. The van der Waals surface area contributed by atoms with Gasteiger partial charge in [-0.2, -0.15) is 13.2 Å². The second-order valence-electron chi connectivity index (χ2n) is 6.03. The largest absolute Gasteiger partial charge is 0.493 e. The topological polar surface area (TPSA) is 83.1 Å². The van der Waals surface area contributed by atoms with Gasteiger partial charge >= 0.3 is 12.1 Å². The molecule has 0 bridgehead atoms. The Morgan fingerprint density at radius 2 is 1.57 bits per heavy atom. The minimum Gasteiger partial charge on any atom is -0.493 e. The van der Waals surface area contributed by atoms with Crippen molar-refractivity contribution in [3.05, 3.63) is 47.5 Å². The lowest BCUT2D eigenvalue weighted by molar-refractivity contribution is -0.137. The highest BCUT2D eigenvalue weighted by Crippen LogP contribution is 2.38. The molecule has 0 aromatic heterocycles. The van der Waals surface area contributed by atoms with Crippen molar-refractivity contribution in [3.63, 3.8) is 0 Å². The molecule has 1 amide bonds. The van der Waals surface area contributed by atoms with Gasteiger partial charge in [-0.1, -0.05) is 6.07 Å². The van der Waals surface area contributed by atoms with E-state index in [2.05, 4.69) is 5.32 Å². The zero-order chi connectivity index (χ0) is 22.5. The third-order valence-electron chi connectivity index (χ3n) is 4.01. The Hall–Kier alpha value is -3.43. The quantitative estimate of drug-likeness (QED) is 0.675. The fourth-order valence-electron chi connectivity index (χ4n) is 2.50. The molecule has 1 N–H and O–H groups in total. The van der Waals surface area contributed by atoms with E-state index in [1.165, 1.54) is 46.5 Å². The zero-order valence-electron chi connectivity index (χ0n) is 16.6. The maximum Gasteiger partial charge on any atom is 0.416 e. The first-order valence-corrected chi connectivity index (χ1v) is 8.59. The van der Waals surface area contributed by atoms with Gasteiger partial charge in [-0.25, -0.2) is 4.79 Å². The SMILES string of the molecule is COc1cc(C(=O)OC(C)C(=O)Nc2cccc(C(F)(F)F)c2)cc(OC)c1OC. The van der Waals surface area contributed by atoms with Gasteiger partial charge in [0.15, 0.2) is 17.6 Å². The fraction of sp³-hybridized carbons (Fsp3) is 0.300. The summed E-state index contributed by atoms with van der Waals surface area (Å²) < 4.78 is 59.0. The molecule has 0 spiro atoms. The van der Waals surface area contributed by atoms with E-state index in [1.54, 1.807) is 0 Å². The molecule has 2 aromatic carbocycles. The van der Waals surface area contributed by atoms with Crippen LogP contribution in [0.15, 0.2) is 36.4 Å². The summed E-state index contributed by atoms with van der Waals surface area (Å²) in [5, 5.41) is 2.29. The summed E-state index contributed by atoms with van der Waals surface area (Å²) in [4.78, 5) is 24.7. The summed E-state index contributed by atoms with van der Waals surface area (Å²) in [6.45, 7) is 1.29. The Labute approximate surface area is 170 Å². The molecule has 0 radical (unpaired) electrons. The Kier molecular flexibility index (Phi) is 7.14. The van der Waals surface area contributed by atoms with Crippen LogP contribution in [-0.2, 0) is 15.7 Å². The summed E-state index contributed by atoms with van der Waals surface area (Å²) in [7, 11) is 4.15. The summed E-state index contributed by atoms with van der Waals surface area (Å²) in [5.74, 6) is -0.960. The number of benzene rings is 2. The summed E-state index contributed by atoms with van der Waals surface area (Å²) in [5.41, 5.74) is -0.962. The molecule has 30 heavy (non-hydrogen) atoms. The molecule has 1 atom stereocenters. The van der Waals surface area contributed by atoms with Crippen molar-refractivity contribution in [2.24, 2.45) is 0 Å². The number of alkyl halides is 3. The number of carbonyl (C=O) groups is 2. The lowest BCUT2D eigenvalue weighted by atomic mass is 10.1. The molecule has 0 saturated carbocycles. The molecular formula is C20H20F3NO6. The van der Waals surface area contributed by atoms with Gasteiger partial charge in [0.2, 0.25) is 5.75 Å². The maximum absolute atomic E-state index is 12.8. The first kappa shape index (κ1) is 22.9. The van der Waals surface area contributed by atoms with Crippen LogP contribution in [-0.4, -0.2) is 39.3 Å². The molecule has 2 aromatic rings. The second-order valence-corrected chi connectivity index (χ2v) is 6.03. The Morgan fingerprint density at radius 3 is 2.07 bits per heavy atom. The number of hydrogen-bond donors (Lipinski definition) is 1. The molecule has 1 unspecified atom stereocenters. The van der Waals surface area contributed by atoms with Crippen LogP contribution in [0.25, 0.3) is 0 Å². The van der Waals surface area contributed by atoms with E-state index in [0.29, 0.717) is 0 Å².